The molecule has 4 rings (SSSR count). The van der Waals surface area contributed by atoms with E-state index < -0.39 is 17.9 Å². The number of anilines is 1. The first-order valence-corrected chi connectivity index (χ1v) is 8.81. The van der Waals surface area contributed by atoms with E-state index >= 15 is 0 Å². The number of aliphatic hydroxyl groups excluding tert-OH is 1. The van der Waals surface area contributed by atoms with Crippen molar-refractivity contribution in [1.29, 1.82) is 0 Å². The molecule has 6 heteroatoms. The number of rotatable bonds is 5. The summed E-state index contributed by atoms with van der Waals surface area (Å²) >= 11 is 0. The average molecular weight is 354 g/mol. The molecule has 2 aromatic rings. The molecule has 0 unspecified atom stereocenters. The first-order chi connectivity index (χ1) is 12.7. The maximum Gasteiger partial charge on any atom is 0.412 e. The molecule has 0 aliphatic carbocycles. The molecule has 2 aliphatic rings. The van der Waals surface area contributed by atoms with Gasteiger partial charge >= 0.3 is 6.09 Å². The van der Waals surface area contributed by atoms with Crippen molar-refractivity contribution in [3.63, 3.8) is 0 Å². The number of hydrogen-bond acceptors (Lipinski definition) is 5. The predicted molar refractivity (Wildman–Crippen MR) is 96.7 cm³/mol. The van der Waals surface area contributed by atoms with Crippen molar-refractivity contribution in [3.05, 3.63) is 66.2 Å². The summed E-state index contributed by atoms with van der Waals surface area (Å²) < 4.78 is 11.2. The lowest BCUT2D eigenvalue weighted by Crippen LogP contribution is -2.57. The Hall–Kier alpha value is -2.57. The highest BCUT2D eigenvalue weighted by atomic mass is 16.6. The lowest BCUT2D eigenvalue weighted by Gasteiger charge is -2.34. The number of nitrogens with one attached hydrogen (secondary N) is 1. The maximum absolute atomic E-state index is 12.3. The molecular weight excluding hydrogens is 332 g/mol. The Kier molecular flexibility index (Phi) is 4.53. The van der Waals surface area contributed by atoms with E-state index in [1.807, 2.05) is 60.7 Å². The molecule has 2 aromatic carbocycles. The molecule has 0 saturated carbocycles. The number of hydrogen-bond donors (Lipinski definition) is 2. The minimum atomic E-state index is -1.13. The molecule has 3 atom stereocenters. The van der Waals surface area contributed by atoms with Crippen molar-refractivity contribution in [1.82, 2.24) is 4.90 Å². The minimum absolute atomic E-state index is 0.0365. The number of nitrogens with zero attached hydrogens (tertiary/aromatic N) is 1. The third-order valence-electron chi connectivity index (χ3n) is 5.03. The zero-order valence-corrected chi connectivity index (χ0v) is 14.4. The number of carbonyl (C=O) groups excluding carboxylic acids is 1. The van der Waals surface area contributed by atoms with Gasteiger partial charge in [-0.15, -0.1) is 0 Å². The number of para-hydroxylation sites is 1. The van der Waals surface area contributed by atoms with Gasteiger partial charge in [-0.2, -0.15) is 0 Å². The van der Waals surface area contributed by atoms with Crippen LogP contribution >= 0.6 is 0 Å². The summed E-state index contributed by atoms with van der Waals surface area (Å²) in [4.78, 5) is 13.8. The van der Waals surface area contributed by atoms with E-state index in [-0.39, 0.29) is 12.6 Å². The van der Waals surface area contributed by atoms with Gasteiger partial charge in [0, 0.05) is 12.2 Å². The zero-order valence-electron chi connectivity index (χ0n) is 14.4. The highest BCUT2D eigenvalue weighted by molar-refractivity contribution is 5.71. The van der Waals surface area contributed by atoms with E-state index in [0.717, 1.165) is 11.3 Å². The number of carbonyl (C=O) groups is 1. The summed E-state index contributed by atoms with van der Waals surface area (Å²) in [7, 11) is 0. The Morgan fingerprint density at radius 2 is 1.81 bits per heavy atom. The molecule has 2 saturated heterocycles. The fraction of sp³-hybridized carbons (Fsp3) is 0.350. The van der Waals surface area contributed by atoms with Crippen molar-refractivity contribution in [2.45, 2.75) is 24.3 Å². The Morgan fingerprint density at radius 1 is 1.12 bits per heavy atom. The van der Waals surface area contributed by atoms with Gasteiger partial charge in [0.25, 0.3) is 0 Å². The second-order valence-corrected chi connectivity index (χ2v) is 6.66. The first kappa shape index (κ1) is 16.9. The lowest BCUT2D eigenvalue weighted by molar-refractivity contribution is -0.131. The molecule has 1 spiro atoms. The van der Waals surface area contributed by atoms with Crippen LogP contribution in [0.15, 0.2) is 60.7 Å². The molecule has 2 N–H and O–H groups in total. The van der Waals surface area contributed by atoms with Gasteiger partial charge in [-0.05, 0) is 24.1 Å². The molecule has 0 aromatic heterocycles. The molecule has 6 nitrogen and oxygen atoms in total. The zero-order chi connectivity index (χ0) is 18.0. The van der Waals surface area contributed by atoms with Crippen LogP contribution in [-0.2, 0) is 15.9 Å². The molecule has 1 amide bonds. The van der Waals surface area contributed by atoms with Crippen LogP contribution < -0.4 is 5.32 Å². The van der Waals surface area contributed by atoms with Gasteiger partial charge in [0.05, 0.1) is 12.6 Å². The summed E-state index contributed by atoms with van der Waals surface area (Å²) in [5.41, 5.74) is 0.894. The van der Waals surface area contributed by atoms with Gasteiger partial charge in [0.1, 0.15) is 12.7 Å². The lowest BCUT2D eigenvalue weighted by atomic mass is 10.0. The maximum atomic E-state index is 12.3. The Balaban J connectivity index is 1.48. The number of cyclic esters (lactones) is 1. The van der Waals surface area contributed by atoms with Crippen LogP contribution in [0, 0.1) is 0 Å². The Bertz CT molecular complexity index is 755. The summed E-state index contributed by atoms with van der Waals surface area (Å²) in [5.74, 6) is 0. The van der Waals surface area contributed by atoms with Crippen molar-refractivity contribution in [2.24, 2.45) is 0 Å². The van der Waals surface area contributed by atoms with E-state index in [4.69, 9.17) is 9.47 Å². The van der Waals surface area contributed by atoms with Gasteiger partial charge in [-0.25, -0.2) is 4.79 Å². The first-order valence-electron chi connectivity index (χ1n) is 8.81. The molecule has 136 valence electrons. The minimum Gasteiger partial charge on any atom is -0.444 e. The molecule has 2 aliphatic heterocycles. The van der Waals surface area contributed by atoms with E-state index in [1.54, 1.807) is 0 Å². The van der Waals surface area contributed by atoms with Gasteiger partial charge < -0.3 is 19.9 Å². The monoisotopic (exact) mass is 354 g/mol. The Labute approximate surface area is 152 Å². The van der Waals surface area contributed by atoms with Crippen LogP contribution in [0.3, 0.4) is 0 Å². The van der Waals surface area contributed by atoms with Crippen molar-refractivity contribution in [2.75, 3.05) is 25.1 Å². The van der Waals surface area contributed by atoms with E-state index in [0.29, 0.717) is 19.6 Å². The number of benzene rings is 2. The molecule has 2 fully saturated rings. The molecule has 0 radical (unpaired) electrons. The largest absolute Gasteiger partial charge is 0.444 e. The van der Waals surface area contributed by atoms with Crippen LogP contribution in [-0.4, -0.2) is 53.7 Å². The topological polar surface area (TPSA) is 71.0 Å². The molecule has 2 heterocycles. The van der Waals surface area contributed by atoms with E-state index in [9.17, 15) is 9.90 Å². The van der Waals surface area contributed by atoms with Gasteiger partial charge in [-0.1, -0.05) is 48.5 Å². The molecule has 0 bridgehead atoms. The quantitative estimate of drug-likeness (QED) is 0.862. The van der Waals surface area contributed by atoms with Crippen LogP contribution in [0.5, 0.6) is 0 Å². The predicted octanol–water partition coefficient (Wildman–Crippen LogP) is 2.25. The third-order valence-corrected chi connectivity index (χ3v) is 5.03. The van der Waals surface area contributed by atoms with Crippen molar-refractivity contribution in [3.8, 4) is 0 Å². The van der Waals surface area contributed by atoms with Crippen LogP contribution in [0.25, 0.3) is 0 Å². The van der Waals surface area contributed by atoms with Gasteiger partial charge in [-0.3, -0.25) is 4.90 Å². The van der Waals surface area contributed by atoms with Crippen LogP contribution in [0.1, 0.15) is 5.56 Å². The summed E-state index contributed by atoms with van der Waals surface area (Å²) in [6.07, 6.45) is -0.657. The standard InChI is InChI=1S/C20H22N2O4/c23-18-17(21-16-9-5-2-6-10-16)13-26-20(18)14-25-19(24)22(20)12-11-15-7-3-1-4-8-15/h1-10,17-18,21,23H,11-14H2/t17-,18+,20+/m0/s1. The molecule has 26 heavy (non-hydrogen) atoms. The SMILES string of the molecule is O=C1OC[C@]2(OC[C@H](Nc3ccccc3)[C@H]2O)N1CCc1ccccc1. The smallest absolute Gasteiger partial charge is 0.412 e. The van der Waals surface area contributed by atoms with E-state index in [2.05, 4.69) is 5.32 Å². The number of ether oxygens (including phenoxy) is 2. The van der Waals surface area contributed by atoms with Crippen molar-refractivity contribution >= 4 is 11.8 Å². The normalized spacial score (nSPS) is 27.7. The van der Waals surface area contributed by atoms with Crippen molar-refractivity contribution < 1.29 is 19.4 Å². The van der Waals surface area contributed by atoms with Gasteiger partial charge in [0.2, 0.25) is 5.72 Å². The number of aliphatic hydroxyl groups is 1. The van der Waals surface area contributed by atoms with E-state index in [1.165, 1.54) is 4.90 Å². The summed E-state index contributed by atoms with van der Waals surface area (Å²) in [5, 5.41) is 14.2. The Morgan fingerprint density at radius 3 is 2.54 bits per heavy atom. The summed E-state index contributed by atoms with van der Waals surface area (Å²) in [6.45, 7) is 0.765. The molecular formula is C20H22N2O4. The van der Waals surface area contributed by atoms with Crippen LogP contribution in [0.2, 0.25) is 0 Å². The van der Waals surface area contributed by atoms with Gasteiger partial charge in [0.15, 0.2) is 0 Å². The third kappa shape index (κ3) is 3.02. The average Bonchev–Trinajstić information content (AvgIpc) is 3.17. The fourth-order valence-electron chi connectivity index (χ4n) is 3.60. The highest BCUT2D eigenvalue weighted by Gasteiger charge is 2.59. The second kappa shape index (κ2) is 6.97. The van der Waals surface area contributed by atoms with Crippen LogP contribution in [0.4, 0.5) is 10.5 Å². The highest BCUT2D eigenvalue weighted by Crippen LogP contribution is 2.36. The second-order valence-electron chi connectivity index (χ2n) is 6.66. The fourth-order valence-corrected chi connectivity index (χ4v) is 3.60. The summed E-state index contributed by atoms with van der Waals surface area (Å²) in [6, 6.07) is 19.3. The number of amides is 1.